The number of amides is 1. The molecule has 12 heavy (non-hydrogen) atoms. The van der Waals surface area contributed by atoms with E-state index in [1.807, 2.05) is 0 Å². The minimum atomic E-state index is -0.0340. The van der Waals surface area contributed by atoms with Gasteiger partial charge in [-0.2, -0.15) is 0 Å². The van der Waals surface area contributed by atoms with Crippen molar-refractivity contribution in [2.24, 2.45) is 0 Å². The molecule has 0 aromatic carbocycles. The monoisotopic (exact) mass is 167 g/mol. The summed E-state index contributed by atoms with van der Waals surface area (Å²) in [4.78, 5) is 13.2. The molecular weight excluding hydrogens is 154 g/mol. The van der Waals surface area contributed by atoms with Crippen LogP contribution >= 0.6 is 0 Å². The predicted octanol–water partition coefficient (Wildman–Crippen LogP) is 0.587. The zero-order valence-electron chi connectivity index (χ0n) is 7.08. The molecule has 1 aliphatic heterocycles. The molecule has 0 radical (unpaired) electrons. The number of hydrogen-bond donors (Lipinski definition) is 0. The van der Waals surface area contributed by atoms with Gasteiger partial charge in [0.2, 0.25) is 0 Å². The van der Waals surface area contributed by atoms with Crippen molar-refractivity contribution in [1.29, 1.82) is 0 Å². The number of carbonyl (C=O) groups excluding carboxylic acids is 1. The van der Waals surface area contributed by atoms with E-state index in [1.165, 1.54) is 6.08 Å². The highest BCUT2D eigenvalue weighted by molar-refractivity contribution is 5.95. The van der Waals surface area contributed by atoms with E-state index in [9.17, 15) is 4.79 Å². The number of hydrogen-bond acceptors (Lipinski definition) is 2. The van der Waals surface area contributed by atoms with Gasteiger partial charge in [0.05, 0.1) is 13.2 Å². The lowest BCUT2D eigenvalue weighted by Gasteiger charge is -2.26. The minimum Gasteiger partial charge on any atom is -0.378 e. The normalized spacial score (nSPS) is 17.2. The van der Waals surface area contributed by atoms with E-state index < -0.39 is 0 Å². The Balaban J connectivity index is 2.50. The molecule has 1 aliphatic rings. The molecule has 0 bridgehead atoms. The maximum absolute atomic E-state index is 11.4. The van der Waals surface area contributed by atoms with Gasteiger partial charge in [0.25, 0.3) is 5.91 Å². The van der Waals surface area contributed by atoms with Crippen molar-refractivity contribution in [3.63, 3.8) is 0 Å². The Labute approximate surface area is 72.3 Å². The number of carbonyl (C=O) groups is 1. The third kappa shape index (κ3) is 1.95. The smallest absolute Gasteiger partial charge is 0.253 e. The molecule has 0 aliphatic carbocycles. The highest BCUT2D eigenvalue weighted by Crippen LogP contribution is 2.03. The van der Waals surface area contributed by atoms with Crippen LogP contribution in [-0.4, -0.2) is 37.1 Å². The molecule has 3 heteroatoms. The van der Waals surface area contributed by atoms with Crippen LogP contribution in [0, 0.1) is 0 Å². The van der Waals surface area contributed by atoms with Gasteiger partial charge in [-0.05, 0) is 0 Å². The highest BCUT2D eigenvalue weighted by Gasteiger charge is 2.17. The largest absolute Gasteiger partial charge is 0.378 e. The van der Waals surface area contributed by atoms with Crippen LogP contribution in [0.3, 0.4) is 0 Å². The molecule has 1 saturated heterocycles. The molecule has 0 unspecified atom stereocenters. The van der Waals surface area contributed by atoms with Crippen LogP contribution in [0.1, 0.15) is 0 Å². The summed E-state index contributed by atoms with van der Waals surface area (Å²) in [5, 5.41) is 0. The zero-order chi connectivity index (χ0) is 8.97. The summed E-state index contributed by atoms with van der Waals surface area (Å²) in [6.07, 6.45) is 1.48. The van der Waals surface area contributed by atoms with Crippen LogP contribution in [-0.2, 0) is 9.53 Å². The van der Waals surface area contributed by atoms with Gasteiger partial charge in [-0.25, -0.2) is 0 Å². The molecule has 0 aromatic rings. The fourth-order valence-corrected chi connectivity index (χ4v) is 1.06. The molecule has 3 nitrogen and oxygen atoms in total. The van der Waals surface area contributed by atoms with Crippen LogP contribution in [0.4, 0.5) is 0 Å². The van der Waals surface area contributed by atoms with Crippen molar-refractivity contribution in [3.05, 3.63) is 24.8 Å². The second-order valence-electron chi connectivity index (χ2n) is 2.63. The van der Waals surface area contributed by atoms with Crippen molar-refractivity contribution < 1.29 is 9.53 Å². The first-order valence-electron chi connectivity index (χ1n) is 3.94. The van der Waals surface area contributed by atoms with Crippen molar-refractivity contribution in [1.82, 2.24) is 4.90 Å². The SMILES string of the molecule is C=CC(=C)C(=O)N1CCOCC1. The molecule has 1 heterocycles. The van der Waals surface area contributed by atoms with Crippen molar-refractivity contribution in [2.45, 2.75) is 0 Å². The first-order valence-corrected chi connectivity index (χ1v) is 3.94. The van der Waals surface area contributed by atoms with Gasteiger partial charge in [0.1, 0.15) is 0 Å². The third-order valence-corrected chi connectivity index (χ3v) is 1.82. The van der Waals surface area contributed by atoms with Gasteiger partial charge >= 0.3 is 0 Å². The van der Waals surface area contributed by atoms with E-state index in [4.69, 9.17) is 4.74 Å². The number of rotatable bonds is 2. The maximum atomic E-state index is 11.4. The van der Waals surface area contributed by atoms with E-state index in [2.05, 4.69) is 13.2 Å². The van der Waals surface area contributed by atoms with Crippen LogP contribution < -0.4 is 0 Å². The lowest BCUT2D eigenvalue weighted by Crippen LogP contribution is -2.41. The predicted molar refractivity (Wildman–Crippen MR) is 46.7 cm³/mol. The minimum absolute atomic E-state index is 0.0340. The van der Waals surface area contributed by atoms with E-state index in [-0.39, 0.29) is 5.91 Å². The molecule has 0 N–H and O–H groups in total. The lowest BCUT2D eigenvalue weighted by atomic mass is 10.2. The Bertz CT molecular complexity index is 205. The first kappa shape index (κ1) is 9.00. The first-order chi connectivity index (χ1) is 5.75. The molecule has 0 aromatic heterocycles. The summed E-state index contributed by atoms with van der Waals surface area (Å²) in [6.45, 7) is 9.66. The Kier molecular flexibility index (Phi) is 3.05. The van der Waals surface area contributed by atoms with Crippen molar-refractivity contribution >= 4 is 5.91 Å². The quantitative estimate of drug-likeness (QED) is 0.445. The standard InChI is InChI=1S/C9H13NO2/c1-3-8(2)9(11)10-4-6-12-7-5-10/h3H,1-2,4-7H2. The van der Waals surface area contributed by atoms with Crippen molar-refractivity contribution in [3.8, 4) is 0 Å². The second kappa shape index (κ2) is 4.07. The van der Waals surface area contributed by atoms with Gasteiger partial charge in [0, 0.05) is 18.7 Å². The molecule has 0 atom stereocenters. The zero-order valence-corrected chi connectivity index (χ0v) is 7.08. The number of ether oxygens (including phenoxy) is 1. The van der Waals surface area contributed by atoms with Gasteiger partial charge in [-0.1, -0.05) is 19.2 Å². The molecule has 66 valence electrons. The summed E-state index contributed by atoms with van der Waals surface area (Å²) >= 11 is 0. The van der Waals surface area contributed by atoms with E-state index in [0.717, 1.165) is 0 Å². The molecule has 0 saturated carbocycles. The molecule has 0 spiro atoms. The van der Waals surface area contributed by atoms with E-state index in [0.29, 0.717) is 31.9 Å². The maximum Gasteiger partial charge on any atom is 0.253 e. The summed E-state index contributed by atoms with van der Waals surface area (Å²) in [5.74, 6) is -0.0340. The van der Waals surface area contributed by atoms with Gasteiger partial charge in [-0.15, -0.1) is 0 Å². The average Bonchev–Trinajstić information content (AvgIpc) is 2.17. The Hall–Kier alpha value is -1.09. The topological polar surface area (TPSA) is 29.5 Å². The third-order valence-electron chi connectivity index (χ3n) is 1.82. The van der Waals surface area contributed by atoms with E-state index >= 15 is 0 Å². The van der Waals surface area contributed by atoms with Crippen LogP contribution in [0.25, 0.3) is 0 Å². The summed E-state index contributed by atoms with van der Waals surface area (Å²) in [7, 11) is 0. The Morgan fingerprint density at radius 1 is 1.42 bits per heavy atom. The van der Waals surface area contributed by atoms with E-state index in [1.54, 1.807) is 4.90 Å². The fraction of sp³-hybridized carbons (Fsp3) is 0.444. The van der Waals surface area contributed by atoms with Gasteiger partial charge < -0.3 is 9.64 Å². The Morgan fingerprint density at radius 2 is 2.00 bits per heavy atom. The summed E-state index contributed by atoms with van der Waals surface area (Å²) < 4.78 is 5.11. The average molecular weight is 167 g/mol. The molecular formula is C9H13NO2. The van der Waals surface area contributed by atoms with Gasteiger partial charge in [0.15, 0.2) is 0 Å². The lowest BCUT2D eigenvalue weighted by molar-refractivity contribution is -0.130. The van der Waals surface area contributed by atoms with Gasteiger partial charge in [-0.3, -0.25) is 4.79 Å². The second-order valence-corrected chi connectivity index (χ2v) is 2.63. The fourth-order valence-electron chi connectivity index (χ4n) is 1.06. The highest BCUT2D eigenvalue weighted by atomic mass is 16.5. The van der Waals surface area contributed by atoms with Crippen LogP contribution in [0.5, 0.6) is 0 Å². The van der Waals surface area contributed by atoms with Crippen LogP contribution in [0.2, 0.25) is 0 Å². The molecule has 1 fully saturated rings. The number of nitrogens with zero attached hydrogens (tertiary/aromatic N) is 1. The molecule has 1 amide bonds. The number of morpholine rings is 1. The molecule has 1 rings (SSSR count). The summed E-state index contributed by atoms with van der Waals surface area (Å²) in [5.41, 5.74) is 0.455. The Morgan fingerprint density at radius 3 is 2.50 bits per heavy atom. The van der Waals surface area contributed by atoms with Crippen molar-refractivity contribution in [2.75, 3.05) is 26.3 Å². The van der Waals surface area contributed by atoms with Crippen LogP contribution in [0.15, 0.2) is 24.8 Å². The summed E-state index contributed by atoms with van der Waals surface area (Å²) in [6, 6.07) is 0.